The molecule has 3 N–H and O–H groups in total. The minimum atomic E-state index is -0.750. The number of halogens is 1. The number of rotatable bonds is 7. The van der Waals surface area contributed by atoms with Gasteiger partial charge in [0.2, 0.25) is 5.82 Å². The molecule has 0 aliphatic carbocycles. The average molecular weight is 407 g/mol. The SMILES string of the molecule is NC(=O)N[C@H](CC(=O)OCc1nc(-c2ccsc2)no1)c1ccc(Cl)cc1. The van der Waals surface area contributed by atoms with Gasteiger partial charge in [-0.3, -0.25) is 4.79 Å². The Labute approximate surface area is 163 Å². The topological polar surface area (TPSA) is 120 Å². The number of hydrogen-bond acceptors (Lipinski definition) is 7. The first-order chi connectivity index (χ1) is 13.0. The van der Waals surface area contributed by atoms with Crippen LogP contribution in [0.25, 0.3) is 11.4 Å². The number of ether oxygens (including phenoxy) is 1. The Morgan fingerprint density at radius 2 is 2.07 bits per heavy atom. The summed E-state index contributed by atoms with van der Waals surface area (Å²) in [4.78, 5) is 27.5. The van der Waals surface area contributed by atoms with Crippen molar-refractivity contribution < 1.29 is 18.8 Å². The molecule has 1 atom stereocenters. The van der Waals surface area contributed by atoms with Crippen LogP contribution in [-0.4, -0.2) is 22.1 Å². The van der Waals surface area contributed by atoms with E-state index in [-0.39, 0.29) is 18.9 Å². The highest BCUT2D eigenvalue weighted by atomic mass is 35.5. The summed E-state index contributed by atoms with van der Waals surface area (Å²) >= 11 is 7.37. The van der Waals surface area contributed by atoms with Crippen molar-refractivity contribution in [2.75, 3.05) is 0 Å². The number of benzene rings is 1. The summed E-state index contributed by atoms with van der Waals surface area (Å²) in [5, 5.41) is 10.7. The van der Waals surface area contributed by atoms with Crippen molar-refractivity contribution in [2.24, 2.45) is 5.73 Å². The molecule has 0 radical (unpaired) electrons. The highest BCUT2D eigenvalue weighted by Gasteiger charge is 2.19. The maximum absolute atomic E-state index is 12.2. The maximum Gasteiger partial charge on any atom is 0.312 e. The summed E-state index contributed by atoms with van der Waals surface area (Å²) in [5.41, 5.74) is 6.69. The zero-order valence-electron chi connectivity index (χ0n) is 13.9. The van der Waals surface area contributed by atoms with Crippen LogP contribution >= 0.6 is 22.9 Å². The van der Waals surface area contributed by atoms with Gasteiger partial charge in [-0.1, -0.05) is 28.9 Å². The van der Waals surface area contributed by atoms with Crippen LogP contribution in [0.2, 0.25) is 5.02 Å². The number of esters is 1. The number of hydrogen-bond donors (Lipinski definition) is 2. The number of carbonyl (C=O) groups is 2. The third-order valence-electron chi connectivity index (χ3n) is 3.56. The minimum absolute atomic E-state index is 0.115. The Morgan fingerprint density at radius 3 is 2.74 bits per heavy atom. The average Bonchev–Trinajstić information content (AvgIpc) is 3.31. The van der Waals surface area contributed by atoms with Crippen LogP contribution in [0.15, 0.2) is 45.6 Å². The molecule has 8 nitrogen and oxygen atoms in total. The van der Waals surface area contributed by atoms with Gasteiger partial charge < -0.3 is 20.3 Å². The predicted octanol–water partition coefficient (Wildman–Crippen LogP) is 3.29. The lowest BCUT2D eigenvalue weighted by Crippen LogP contribution is -2.34. The number of carbonyl (C=O) groups excluding carboxylic acids is 2. The predicted molar refractivity (Wildman–Crippen MR) is 98.9 cm³/mol. The number of urea groups is 1. The van der Waals surface area contributed by atoms with Gasteiger partial charge in [0.1, 0.15) is 0 Å². The molecule has 0 unspecified atom stereocenters. The van der Waals surface area contributed by atoms with Gasteiger partial charge in [-0.2, -0.15) is 16.3 Å². The standard InChI is InChI=1S/C17H15ClN4O4S/c18-12-3-1-10(2-4-12)13(20-17(19)24)7-15(23)25-8-14-21-16(22-26-14)11-5-6-27-9-11/h1-6,9,13H,7-8H2,(H3,19,20,24)/t13-/m1/s1. The zero-order valence-corrected chi connectivity index (χ0v) is 15.5. The Morgan fingerprint density at radius 1 is 1.30 bits per heavy atom. The first-order valence-electron chi connectivity index (χ1n) is 7.83. The summed E-state index contributed by atoms with van der Waals surface area (Å²) < 4.78 is 10.2. The highest BCUT2D eigenvalue weighted by molar-refractivity contribution is 7.08. The summed E-state index contributed by atoms with van der Waals surface area (Å²) in [6, 6.07) is 7.17. The zero-order chi connectivity index (χ0) is 19.2. The summed E-state index contributed by atoms with van der Waals surface area (Å²) in [6.45, 7) is -0.167. The molecule has 0 aliphatic heterocycles. The van der Waals surface area contributed by atoms with Gasteiger partial charge >= 0.3 is 12.0 Å². The third-order valence-corrected chi connectivity index (χ3v) is 4.50. The van der Waals surface area contributed by atoms with Crippen molar-refractivity contribution in [1.82, 2.24) is 15.5 Å². The number of nitrogens with one attached hydrogen (secondary N) is 1. The van der Waals surface area contributed by atoms with Crippen LogP contribution in [0.3, 0.4) is 0 Å². The van der Waals surface area contributed by atoms with E-state index in [1.165, 1.54) is 11.3 Å². The van der Waals surface area contributed by atoms with Crippen molar-refractivity contribution in [3.8, 4) is 11.4 Å². The molecule has 10 heteroatoms. The lowest BCUT2D eigenvalue weighted by Gasteiger charge is -2.17. The van der Waals surface area contributed by atoms with E-state index in [0.717, 1.165) is 5.56 Å². The van der Waals surface area contributed by atoms with Crippen molar-refractivity contribution in [1.29, 1.82) is 0 Å². The van der Waals surface area contributed by atoms with E-state index >= 15 is 0 Å². The first kappa shape index (κ1) is 18.9. The Kier molecular flexibility index (Phi) is 6.05. The van der Waals surface area contributed by atoms with E-state index in [4.69, 9.17) is 26.6 Å². The van der Waals surface area contributed by atoms with Crippen molar-refractivity contribution in [2.45, 2.75) is 19.1 Å². The normalized spacial score (nSPS) is 11.7. The van der Waals surface area contributed by atoms with Gasteiger partial charge in [0, 0.05) is 16.0 Å². The Hall–Kier alpha value is -2.91. The molecule has 0 saturated heterocycles. The lowest BCUT2D eigenvalue weighted by atomic mass is 10.0. The second-order valence-corrected chi connectivity index (χ2v) is 6.72. The van der Waals surface area contributed by atoms with Gasteiger partial charge in [-0.25, -0.2) is 4.79 Å². The lowest BCUT2D eigenvalue weighted by molar-refractivity contribution is -0.146. The first-order valence-corrected chi connectivity index (χ1v) is 9.15. The fourth-order valence-electron chi connectivity index (χ4n) is 2.31. The van der Waals surface area contributed by atoms with E-state index in [1.54, 1.807) is 24.3 Å². The van der Waals surface area contributed by atoms with Crippen molar-refractivity contribution >= 4 is 34.9 Å². The molecule has 0 saturated carbocycles. The third kappa shape index (κ3) is 5.28. The van der Waals surface area contributed by atoms with Crippen molar-refractivity contribution in [3.05, 3.63) is 57.6 Å². The Balaban J connectivity index is 1.59. The van der Waals surface area contributed by atoms with Gasteiger partial charge in [-0.15, -0.1) is 0 Å². The van der Waals surface area contributed by atoms with E-state index in [2.05, 4.69) is 15.5 Å². The summed E-state index contributed by atoms with van der Waals surface area (Å²) in [5.74, 6) is 0.0474. The molecule has 3 aromatic rings. The number of amides is 2. The van der Waals surface area contributed by atoms with E-state index < -0.39 is 18.0 Å². The highest BCUT2D eigenvalue weighted by Crippen LogP contribution is 2.21. The number of aromatic nitrogens is 2. The monoisotopic (exact) mass is 406 g/mol. The van der Waals surface area contributed by atoms with Crippen LogP contribution in [0.1, 0.15) is 23.9 Å². The number of thiophene rings is 1. The number of primary amides is 1. The Bertz CT molecular complexity index is 911. The van der Waals surface area contributed by atoms with Gasteiger partial charge in [-0.05, 0) is 29.1 Å². The van der Waals surface area contributed by atoms with Gasteiger partial charge in [0.15, 0.2) is 6.61 Å². The molecular formula is C17H15ClN4O4S. The van der Waals surface area contributed by atoms with Crippen LogP contribution < -0.4 is 11.1 Å². The van der Waals surface area contributed by atoms with Gasteiger partial charge in [0.05, 0.1) is 12.5 Å². The molecular weight excluding hydrogens is 392 g/mol. The van der Waals surface area contributed by atoms with Crippen molar-refractivity contribution in [3.63, 3.8) is 0 Å². The largest absolute Gasteiger partial charge is 0.455 e. The summed E-state index contributed by atoms with van der Waals surface area (Å²) in [7, 11) is 0. The van der Waals surface area contributed by atoms with E-state index in [0.29, 0.717) is 16.4 Å². The van der Waals surface area contributed by atoms with Crippen LogP contribution in [0, 0.1) is 0 Å². The maximum atomic E-state index is 12.2. The quantitative estimate of drug-likeness (QED) is 0.581. The summed E-state index contributed by atoms with van der Waals surface area (Å²) in [6.07, 6.45) is -0.115. The second kappa shape index (κ2) is 8.65. The molecule has 2 heterocycles. The minimum Gasteiger partial charge on any atom is -0.455 e. The fourth-order valence-corrected chi connectivity index (χ4v) is 3.07. The van der Waals surface area contributed by atoms with E-state index in [9.17, 15) is 9.59 Å². The molecule has 0 aliphatic rings. The second-order valence-electron chi connectivity index (χ2n) is 5.50. The molecule has 2 amide bonds. The molecule has 0 spiro atoms. The molecule has 0 fully saturated rings. The van der Waals surface area contributed by atoms with Crippen LogP contribution in [-0.2, 0) is 16.1 Å². The molecule has 27 heavy (non-hydrogen) atoms. The van der Waals surface area contributed by atoms with E-state index in [1.807, 2.05) is 16.8 Å². The molecule has 140 valence electrons. The molecule has 1 aromatic carbocycles. The smallest absolute Gasteiger partial charge is 0.312 e. The molecule has 3 rings (SSSR count). The number of nitrogens with zero attached hydrogens (tertiary/aromatic N) is 2. The molecule has 2 aromatic heterocycles. The van der Waals surface area contributed by atoms with Gasteiger partial charge in [0.25, 0.3) is 5.89 Å². The molecule has 0 bridgehead atoms. The van der Waals surface area contributed by atoms with Crippen LogP contribution in [0.5, 0.6) is 0 Å². The fraction of sp³-hybridized carbons (Fsp3) is 0.176. The number of nitrogens with two attached hydrogens (primary N) is 1. The van der Waals surface area contributed by atoms with Crippen LogP contribution in [0.4, 0.5) is 4.79 Å².